The number of aromatic nitrogens is 1. The number of nitrogens with one attached hydrogen (secondary N) is 2. The van der Waals surface area contributed by atoms with Gasteiger partial charge in [0.05, 0.1) is 13.5 Å². The predicted octanol–water partition coefficient (Wildman–Crippen LogP) is 5.02. The van der Waals surface area contributed by atoms with Gasteiger partial charge in [-0.2, -0.15) is 0 Å². The fourth-order valence-electron chi connectivity index (χ4n) is 3.17. The molecule has 0 aliphatic rings. The Morgan fingerprint density at radius 3 is 2.67 bits per heavy atom. The Morgan fingerprint density at radius 2 is 1.81 bits per heavy atom. The van der Waals surface area contributed by atoms with Gasteiger partial charge in [-0.25, -0.2) is 0 Å². The molecule has 1 heterocycles. The van der Waals surface area contributed by atoms with E-state index in [1.165, 1.54) is 5.39 Å². The number of benzene rings is 3. The fourth-order valence-corrected chi connectivity index (χ4v) is 3.17. The molecular weight excluding hydrogens is 336 g/mol. The number of fused-ring (bicyclic) bond motifs is 1. The molecular formula is C23H20N2O2. The molecule has 3 aromatic carbocycles. The smallest absolute Gasteiger partial charge is 0.228 e. The molecule has 0 aliphatic carbocycles. The molecule has 0 unspecified atom stereocenters. The van der Waals surface area contributed by atoms with Crippen molar-refractivity contribution in [2.45, 2.75) is 6.42 Å². The molecule has 0 bridgehead atoms. The number of carbonyl (C=O) groups is 1. The number of ether oxygens (including phenoxy) is 1. The minimum Gasteiger partial charge on any atom is -0.497 e. The van der Waals surface area contributed by atoms with Crippen molar-refractivity contribution in [2.75, 3.05) is 12.4 Å². The zero-order valence-corrected chi connectivity index (χ0v) is 15.0. The third kappa shape index (κ3) is 3.85. The number of hydrogen-bond donors (Lipinski definition) is 2. The van der Waals surface area contributed by atoms with E-state index in [9.17, 15) is 4.79 Å². The lowest BCUT2D eigenvalue weighted by atomic mass is 10.1. The first-order valence-corrected chi connectivity index (χ1v) is 8.82. The van der Waals surface area contributed by atoms with Crippen molar-refractivity contribution in [3.05, 3.63) is 84.4 Å². The summed E-state index contributed by atoms with van der Waals surface area (Å²) < 4.78 is 5.21. The normalized spacial score (nSPS) is 10.7. The lowest BCUT2D eigenvalue weighted by Crippen LogP contribution is -2.14. The Kier molecular flexibility index (Phi) is 4.62. The molecule has 1 aromatic heterocycles. The maximum Gasteiger partial charge on any atom is 0.228 e. The maximum atomic E-state index is 12.4. The largest absolute Gasteiger partial charge is 0.497 e. The predicted molar refractivity (Wildman–Crippen MR) is 109 cm³/mol. The zero-order valence-electron chi connectivity index (χ0n) is 15.0. The first-order chi connectivity index (χ1) is 13.2. The summed E-state index contributed by atoms with van der Waals surface area (Å²) in [7, 11) is 1.62. The Bertz CT molecular complexity index is 1070. The molecule has 27 heavy (non-hydrogen) atoms. The van der Waals surface area contributed by atoms with Crippen LogP contribution in [0.15, 0.2) is 78.9 Å². The molecule has 0 atom stereocenters. The molecule has 0 saturated carbocycles. The Labute approximate surface area is 157 Å². The highest BCUT2D eigenvalue weighted by atomic mass is 16.5. The van der Waals surface area contributed by atoms with Gasteiger partial charge >= 0.3 is 0 Å². The summed E-state index contributed by atoms with van der Waals surface area (Å²) in [5.41, 5.74) is 4.85. The van der Waals surface area contributed by atoms with Crippen molar-refractivity contribution in [3.8, 4) is 17.0 Å². The molecule has 0 radical (unpaired) electrons. The minimum absolute atomic E-state index is 0.0583. The van der Waals surface area contributed by atoms with Gasteiger partial charge in [-0.15, -0.1) is 0 Å². The highest BCUT2D eigenvalue weighted by Crippen LogP contribution is 2.26. The molecule has 0 fully saturated rings. The second-order valence-corrected chi connectivity index (χ2v) is 6.43. The number of anilines is 1. The topological polar surface area (TPSA) is 54.1 Å². The summed E-state index contributed by atoms with van der Waals surface area (Å²) in [5, 5.41) is 4.14. The third-order valence-corrected chi connectivity index (χ3v) is 4.49. The molecule has 0 aliphatic heterocycles. The van der Waals surface area contributed by atoms with E-state index in [0.29, 0.717) is 6.42 Å². The lowest BCUT2D eigenvalue weighted by molar-refractivity contribution is -0.115. The van der Waals surface area contributed by atoms with Crippen molar-refractivity contribution in [1.82, 2.24) is 4.98 Å². The van der Waals surface area contributed by atoms with Gasteiger partial charge in [-0.05, 0) is 42.0 Å². The number of carbonyl (C=O) groups excluding carboxylic acids is 1. The molecule has 4 nitrogen and oxygen atoms in total. The standard InChI is InChI=1S/C23H20N2O2/c1-27-20-10-4-6-16(12-20)13-23(26)24-19-9-5-8-17(14-19)22-15-18-7-2-3-11-21(18)25-22/h2-12,14-15,25H,13H2,1H3,(H,24,26). The van der Waals surface area contributed by atoms with Crippen LogP contribution in [0.5, 0.6) is 5.75 Å². The lowest BCUT2D eigenvalue weighted by Gasteiger charge is -2.08. The van der Waals surface area contributed by atoms with E-state index in [0.717, 1.165) is 33.8 Å². The first kappa shape index (κ1) is 16.9. The van der Waals surface area contributed by atoms with Crippen LogP contribution in [0.2, 0.25) is 0 Å². The van der Waals surface area contributed by atoms with Crippen LogP contribution in [0.1, 0.15) is 5.56 Å². The van der Waals surface area contributed by atoms with Crippen molar-refractivity contribution in [3.63, 3.8) is 0 Å². The van der Waals surface area contributed by atoms with Crippen LogP contribution in [-0.2, 0) is 11.2 Å². The van der Waals surface area contributed by atoms with Crippen LogP contribution in [0.25, 0.3) is 22.2 Å². The minimum atomic E-state index is -0.0583. The second-order valence-electron chi connectivity index (χ2n) is 6.43. The summed E-state index contributed by atoms with van der Waals surface area (Å²) >= 11 is 0. The average Bonchev–Trinajstić information content (AvgIpc) is 3.12. The number of aromatic amines is 1. The molecule has 4 heteroatoms. The molecule has 4 rings (SSSR count). The molecule has 134 valence electrons. The van der Waals surface area contributed by atoms with Crippen LogP contribution < -0.4 is 10.1 Å². The van der Waals surface area contributed by atoms with Gasteiger partial charge in [0.2, 0.25) is 5.91 Å². The summed E-state index contributed by atoms with van der Waals surface area (Å²) in [6, 6.07) is 25.7. The van der Waals surface area contributed by atoms with Crippen LogP contribution in [-0.4, -0.2) is 18.0 Å². The molecule has 2 N–H and O–H groups in total. The Hall–Kier alpha value is -3.53. The van der Waals surface area contributed by atoms with E-state index < -0.39 is 0 Å². The van der Waals surface area contributed by atoms with E-state index in [-0.39, 0.29) is 5.91 Å². The molecule has 0 spiro atoms. The summed E-state index contributed by atoms with van der Waals surface area (Å²) in [6.45, 7) is 0. The average molecular weight is 356 g/mol. The maximum absolute atomic E-state index is 12.4. The van der Waals surface area contributed by atoms with Crippen molar-refractivity contribution < 1.29 is 9.53 Å². The monoisotopic (exact) mass is 356 g/mol. The molecule has 0 saturated heterocycles. The van der Waals surface area contributed by atoms with E-state index in [4.69, 9.17) is 4.74 Å². The van der Waals surface area contributed by atoms with Crippen LogP contribution in [0.4, 0.5) is 5.69 Å². The molecule has 4 aromatic rings. The summed E-state index contributed by atoms with van der Waals surface area (Å²) in [4.78, 5) is 15.8. The second kappa shape index (κ2) is 7.38. The quantitative estimate of drug-likeness (QED) is 0.527. The number of methoxy groups -OCH3 is 1. The van der Waals surface area contributed by atoms with Crippen LogP contribution in [0, 0.1) is 0 Å². The van der Waals surface area contributed by atoms with Gasteiger partial charge in [-0.1, -0.05) is 42.5 Å². The number of hydrogen-bond acceptors (Lipinski definition) is 2. The van der Waals surface area contributed by atoms with Gasteiger partial charge in [0.1, 0.15) is 5.75 Å². The third-order valence-electron chi connectivity index (χ3n) is 4.49. The van der Waals surface area contributed by atoms with Gasteiger partial charge < -0.3 is 15.0 Å². The SMILES string of the molecule is COc1cccc(CC(=O)Nc2cccc(-c3cc4ccccc4[nH]3)c2)c1. The van der Waals surface area contributed by atoms with E-state index >= 15 is 0 Å². The molecule has 1 amide bonds. The van der Waals surface area contributed by atoms with Crippen LogP contribution >= 0.6 is 0 Å². The highest BCUT2D eigenvalue weighted by Gasteiger charge is 2.08. The van der Waals surface area contributed by atoms with E-state index in [1.807, 2.05) is 60.7 Å². The van der Waals surface area contributed by atoms with Gasteiger partial charge in [0.25, 0.3) is 0 Å². The number of para-hydroxylation sites is 1. The zero-order chi connectivity index (χ0) is 18.6. The number of H-pyrrole nitrogens is 1. The highest BCUT2D eigenvalue weighted by molar-refractivity contribution is 5.93. The van der Waals surface area contributed by atoms with Crippen molar-refractivity contribution >= 4 is 22.5 Å². The van der Waals surface area contributed by atoms with Crippen LogP contribution in [0.3, 0.4) is 0 Å². The number of rotatable bonds is 5. The Balaban J connectivity index is 1.51. The van der Waals surface area contributed by atoms with E-state index in [2.05, 4.69) is 28.5 Å². The van der Waals surface area contributed by atoms with E-state index in [1.54, 1.807) is 7.11 Å². The van der Waals surface area contributed by atoms with Gasteiger partial charge in [0.15, 0.2) is 0 Å². The summed E-state index contributed by atoms with van der Waals surface area (Å²) in [5.74, 6) is 0.693. The first-order valence-electron chi connectivity index (χ1n) is 8.82. The fraction of sp³-hybridized carbons (Fsp3) is 0.0870. The summed E-state index contributed by atoms with van der Waals surface area (Å²) in [6.07, 6.45) is 0.299. The van der Waals surface area contributed by atoms with Crippen molar-refractivity contribution in [2.24, 2.45) is 0 Å². The Morgan fingerprint density at radius 1 is 0.963 bits per heavy atom. The number of amides is 1. The van der Waals surface area contributed by atoms with Gasteiger partial charge in [-0.3, -0.25) is 4.79 Å². The van der Waals surface area contributed by atoms with Gasteiger partial charge in [0, 0.05) is 27.8 Å². The van der Waals surface area contributed by atoms with Crippen molar-refractivity contribution in [1.29, 1.82) is 0 Å².